The molecule has 1 atom stereocenters. The van der Waals surface area contributed by atoms with Crippen molar-refractivity contribution < 1.29 is 19.1 Å². The van der Waals surface area contributed by atoms with Crippen LogP contribution >= 0.6 is 39.1 Å². The molecule has 0 aliphatic rings. The summed E-state index contributed by atoms with van der Waals surface area (Å²) in [4.78, 5) is 22.9. The molecule has 0 heterocycles. The topological polar surface area (TPSA) is 52.6 Å². The van der Waals surface area contributed by atoms with Crippen LogP contribution in [0.4, 0.5) is 0 Å². The minimum absolute atomic E-state index is 0.0575. The summed E-state index contributed by atoms with van der Waals surface area (Å²) >= 11 is 15.1. The van der Waals surface area contributed by atoms with Gasteiger partial charge in [-0.15, -0.1) is 0 Å². The zero-order chi connectivity index (χ0) is 16.8. The van der Waals surface area contributed by atoms with Crippen LogP contribution < -0.4 is 0 Å². The molecule has 0 spiro atoms. The largest absolute Gasteiger partial charge is 0.458 e. The molecule has 120 valence electrons. The summed E-state index contributed by atoms with van der Waals surface area (Å²) in [5, 5.41) is 0.875. The quantitative estimate of drug-likeness (QED) is 0.504. The van der Waals surface area contributed by atoms with Crippen molar-refractivity contribution in [2.45, 2.75) is 12.7 Å². The van der Waals surface area contributed by atoms with Crippen molar-refractivity contribution in [3.63, 3.8) is 0 Å². The Labute approximate surface area is 151 Å². The summed E-state index contributed by atoms with van der Waals surface area (Å²) in [5.74, 6) is -0.699. The second kappa shape index (κ2) is 8.34. The first-order valence-corrected chi connectivity index (χ1v) is 8.02. The lowest BCUT2D eigenvalue weighted by molar-refractivity contribution is -0.163. The molecule has 1 unspecified atom stereocenters. The van der Waals surface area contributed by atoms with E-state index >= 15 is 0 Å². The Bertz CT molecular complexity index is 721. The molecule has 0 N–H and O–H groups in total. The molecule has 0 saturated carbocycles. The van der Waals surface area contributed by atoms with Gasteiger partial charge in [-0.2, -0.15) is 0 Å². The number of esters is 1. The smallest absolute Gasteiger partial charge is 0.352 e. The number of hydrogen-bond donors (Lipinski definition) is 0. The molecule has 2 aromatic rings. The number of carbonyl (C=O) groups is 2. The number of benzene rings is 2. The van der Waals surface area contributed by atoms with Crippen LogP contribution in [0.5, 0.6) is 0 Å². The minimum atomic E-state index is -1.16. The van der Waals surface area contributed by atoms with Gasteiger partial charge < -0.3 is 9.47 Å². The van der Waals surface area contributed by atoms with E-state index in [0.29, 0.717) is 25.6 Å². The summed E-state index contributed by atoms with van der Waals surface area (Å²) in [6.45, 7) is 0.151. The molecule has 0 aliphatic heterocycles. The molecule has 0 saturated heterocycles. The van der Waals surface area contributed by atoms with E-state index in [0.717, 1.165) is 0 Å². The van der Waals surface area contributed by atoms with Gasteiger partial charge in [0.05, 0.1) is 0 Å². The minimum Gasteiger partial charge on any atom is -0.458 e. The summed E-state index contributed by atoms with van der Waals surface area (Å²) in [7, 11) is 0. The van der Waals surface area contributed by atoms with Gasteiger partial charge in [0.2, 0.25) is 6.10 Å². The Morgan fingerprint density at radius 3 is 2.61 bits per heavy atom. The van der Waals surface area contributed by atoms with Gasteiger partial charge >= 0.3 is 5.97 Å². The van der Waals surface area contributed by atoms with Crippen LogP contribution in [0.15, 0.2) is 46.9 Å². The Morgan fingerprint density at radius 1 is 1.22 bits per heavy atom. The van der Waals surface area contributed by atoms with E-state index in [1.807, 2.05) is 0 Å². The Morgan fingerprint density at radius 2 is 1.96 bits per heavy atom. The fourth-order valence-electron chi connectivity index (χ4n) is 1.86. The molecule has 2 rings (SSSR count). The second-order valence-electron chi connectivity index (χ2n) is 4.48. The van der Waals surface area contributed by atoms with Gasteiger partial charge in [0.1, 0.15) is 6.61 Å². The number of carbonyl (C=O) groups excluding carboxylic acids is 2. The highest BCUT2D eigenvalue weighted by molar-refractivity contribution is 9.10. The molecule has 0 amide bonds. The molecule has 0 fully saturated rings. The molecule has 0 aliphatic carbocycles. The molecule has 0 aromatic heterocycles. The van der Waals surface area contributed by atoms with E-state index in [9.17, 15) is 9.59 Å². The Hall–Kier alpha value is -1.56. The maximum absolute atomic E-state index is 12.2. The standard InChI is InChI=1S/C16H11BrCl2O4/c17-13-4-2-1-3-12(13)15(23-9-20)16(21)22-8-10-5-6-11(18)7-14(10)19/h1-7,9,15H,8H2. The van der Waals surface area contributed by atoms with Crippen LogP contribution in [-0.2, 0) is 25.7 Å². The molecule has 2 aromatic carbocycles. The lowest BCUT2D eigenvalue weighted by Crippen LogP contribution is -2.19. The van der Waals surface area contributed by atoms with Crippen LogP contribution in [0.25, 0.3) is 0 Å². The van der Waals surface area contributed by atoms with Gasteiger partial charge in [-0.25, -0.2) is 4.79 Å². The summed E-state index contributed by atoms with van der Waals surface area (Å²) in [5.41, 5.74) is 1.09. The SMILES string of the molecule is O=COC(C(=O)OCc1ccc(Cl)cc1Cl)c1ccccc1Br. The third kappa shape index (κ3) is 4.70. The third-order valence-corrected chi connectivity index (χ3v) is 4.29. The lowest BCUT2D eigenvalue weighted by Gasteiger charge is -2.16. The van der Waals surface area contributed by atoms with E-state index in [1.165, 1.54) is 0 Å². The molecule has 0 radical (unpaired) electrons. The van der Waals surface area contributed by atoms with Gasteiger partial charge in [0.25, 0.3) is 6.47 Å². The van der Waals surface area contributed by atoms with Crippen LogP contribution in [-0.4, -0.2) is 12.4 Å². The normalized spacial score (nSPS) is 11.6. The van der Waals surface area contributed by atoms with E-state index in [4.69, 9.17) is 32.7 Å². The molecule has 23 heavy (non-hydrogen) atoms. The third-order valence-electron chi connectivity index (χ3n) is 2.98. The highest BCUT2D eigenvalue weighted by atomic mass is 79.9. The van der Waals surface area contributed by atoms with Crippen molar-refractivity contribution in [2.75, 3.05) is 0 Å². The van der Waals surface area contributed by atoms with E-state index in [-0.39, 0.29) is 13.1 Å². The highest BCUT2D eigenvalue weighted by Crippen LogP contribution is 2.27. The predicted octanol–water partition coefficient (Wildman–Crippen LogP) is 4.71. The summed E-state index contributed by atoms with van der Waals surface area (Å²) in [6.07, 6.45) is -1.16. The van der Waals surface area contributed by atoms with Crippen LogP contribution in [0, 0.1) is 0 Å². The van der Waals surface area contributed by atoms with Gasteiger partial charge in [-0.3, -0.25) is 4.79 Å². The molecule has 7 heteroatoms. The van der Waals surface area contributed by atoms with Crippen molar-refractivity contribution in [3.8, 4) is 0 Å². The Balaban J connectivity index is 2.13. The fourth-order valence-corrected chi connectivity index (χ4v) is 2.82. The first-order chi connectivity index (χ1) is 11.0. The number of hydrogen-bond acceptors (Lipinski definition) is 4. The lowest BCUT2D eigenvalue weighted by atomic mass is 10.1. The predicted molar refractivity (Wildman–Crippen MR) is 90.3 cm³/mol. The van der Waals surface area contributed by atoms with Gasteiger partial charge in [0, 0.05) is 25.6 Å². The average Bonchev–Trinajstić information content (AvgIpc) is 2.52. The van der Waals surface area contributed by atoms with Crippen molar-refractivity contribution in [1.82, 2.24) is 0 Å². The van der Waals surface area contributed by atoms with Gasteiger partial charge in [0.15, 0.2) is 0 Å². The maximum atomic E-state index is 12.2. The van der Waals surface area contributed by atoms with Crippen molar-refractivity contribution in [3.05, 3.63) is 68.1 Å². The molecular formula is C16H11BrCl2O4. The van der Waals surface area contributed by atoms with Crippen molar-refractivity contribution in [2.24, 2.45) is 0 Å². The number of ether oxygens (including phenoxy) is 2. The molecule has 0 bridgehead atoms. The second-order valence-corrected chi connectivity index (χ2v) is 6.18. The Kier molecular flexibility index (Phi) is 6.45. The molecule has 4 nitrogen and oxygen atoms in total. The van der Waals surface area contributed by atoms with Crippen LogP contribution in [0.1, 0.15) is 17.2 Å². The van der Waals surface area contributed by atoms with Crippen molar-refractivity contribution in [1.29, 1.82) is 0 Å². The highest BCUT2D eigenvalue weighted by Gasteiger charge is 2.26. The van der Waals surface area contributed by atoms with Crippen LogP contribution in [0.3, 0.4) is 0 Å². The van der Waals surface area contributed by atoms with Gasteiger partial charge in [-0.05, 0) is 18.2 Å². The zero-order valence-electron chi connectivity index (χ0n) is 11.7. The first kappa shape index (κ1) is 17.8. The monoisotopic (exact) mass is 416 g/mol. The number of halogens is 3. The average molecular weight is 418 g/mol. The fraction of sp³-hybridized carbons (Fsp3) is 0.125. The van der Waals surface area contributed by atoms with Crippen LogP contribution in [0.2, 0.25) is 10.0 Å². The maximum Gasteiger partial charge on any atom is 0.352 e. The van der Waals surface area contributed by atoms with Gasteiger partial charge in [-0.1, -0.05) is 63.4 Å². The van der Waals surface area contributed by atoms with E-state index in [2.05, 4.69) is 15.9 Å². The first-order valence-electron chi connectivity index (χ1n) is 6.47. The molecular weight excluding hydrogens is 407 g/mol. The van der Waals surface area contributed by atoms with E-state index in [1.54, 1.807) is 42.5 Å². The van der Waals surface area contributed by atoms with Crippen molar-refractivity contribution >= 4 is 51.6 Å². The summed E-state index contributed by atoms with van der Waals surface area (Å²) < 4.78 is 10.7. The summed E-state index contributed by atoms with van der Waals surface area (Å²) in [6, 6.07) is 11.8. The number of rotatable bonds is 6. The van der Waals surface area contributed by atoms with E-state index < -0.39 is 12.1 Å². The zero-order valence-corrected chi connectivity index (χ0v) is 14.8.